The highest BCUT2D eigenvalue weighted by molar-refractivity contribution is 6.33. The molecule has 3 aromatic rings. The van der Waals surface area contributed by atoms with Crippen molar-refractivity contribution < 1.29 is 14.1 Å². The van der Waals surface area contributed by atoms with Crippen LogP contribution in [-0.4, -0.2) is 22.2 Å². The van der Waals surface area contributed by atoms with Crippen molar-refractivity contribution in [1.82, 2.24) is 15.5 Å². The lowest BCUT2D eigenvalue weighted by molar-refractivity contribution is -0.127. The Labute approximate surface area is 160 Å². The van der Waals surface area contributed by atoms with Gasteiger partial charge in [-0.2, -0.15) is 4.98 Å². The first-order valence-electron chi connectivity index (χ1n) is 7.80. The molecule has 26 heavy (non-hydrogen) atoms. The standard InChI is InChI=1S/C18H15Cl2N3O3/c1-11(25-13-8-6-12(19)7-9-13)18(24)21-10-16-22-17(23-26-16)14-4-2-3-5-15(14)20/h2-9,11H,10H2,1H3,(H,21,24). The summed E-state index contributed by atoms with van der Waals surface area (Å²) in [5, 5.41) is 7.69. The van der Waals surface area contributed by atoms with Gasteiger partial charge in [0.15, 0.2) is 6.10 Å². The van der Waals surface area contributed by atoms with Gasteiger partial charge in [0.2, 0.25) is 11.7 Å². The van der Waals surface area contributed by atoms with Crippen molar-refractivity contribution in [2.24, 2.45) is 0 Å². The fourth-order valence-corrected chi connectivity index (χ4v) is 2.50. The van der Waals surface area contributed by atoms with E-state index in [1.165, 1.54) is 0 Å². The number of benzene rings is 2. The first-order chi connectivity index (χ1) is 12.5. The van der Waals surface area contributed by atoms with Crippen LogP contribution in [0, 0.1) is 0 Å². The van der Waals surface area contributed by atoms with E-state index in [0.29, 0.717) is 27.2 Å². The van der Waals surface area contributed by atoms with E-state index in [1.807, 2.05) is 12.1 Å². The number of hydrogen-bond donors (Lipinski definition) is 1. The molecule has 1 heterocycles. The number of aromatic nitrogens is 2. The molecule has 1 aromatic heterocycles. The van der Waals surface area contributed by atoms with Crippen LogP contribution in [0.15, 0.2) is 53.1 Å². The van der Waals surface area contributed by atoms with Gasteiger partial charge in [0.1, 0.15) is 5.75 Å². The molecule has 0 bridgehead atoms. The molecule has 8 heteroatoms. The Morgan fingerprint density at radius 2 is 1.92 bits per heavy atom. The number of nitrogens with one attached hydrogen (secondary N) is 1. The highest BCUT2D eigenvalue weighted by Crippen LogP contribution is 2.24. The molecule has 134 valence electrons. The second-order valence-electron chi connectivity index (χ2n) is 5.42. The molecular weight excluding hydrogens is 377 g/mol. The lowest BCUT2D eigenvalue weighted by atomic mass is 10.2. The van der Waals surface area contributed by atoms with Crippen LogP contribution < -0.4 is 10.1 Å². The minimum atomic E-state index is -0.692. The van der Waals surface area contributed by atoms with Crippen molar-refractivity contribution in [3.8, 4) is 17.1 Å². The largest absolute Gasteiger partial charge is 0.481 e. The number of hydrogen-bond acceptors (Lipinski definition) is 5. The highest BCUT2D eigenvalue weighted by Gasteiger charge is 2.17. The second kappa shape index (κ2) is 8.21. The monoisotopic (exact) mass is 391 g/mol. The zero-order chi connectivity index (χ0) is 18.5. The number of carbonyl (C=O) groups excluding carboxylic acids is 1. The van der Waals surface area contributed by atoms with Crippen LogP contribution in [0.1, 0.15) is 12.8 Å². The van der Waals surface area contributed by atoms with Crippen LogP contribution in [0.3, 0.4) is 0 Å². The maximum Gasteiger partial charge on any atom is 0.261 e. The van der Waals surface area contributed by atoms with E-state index in [0.717, 1.165) is 0 Å². The Hall–Kier alpha value is -2.57. The van der Waals surface area contributed by atoms with E-state index in [4.69, 9.17) is 32.5 Å². The number of ether oxygens (including phenoxy) is 1. The van der Waals surface area contributed by atoms with Crippen molar-refractivity contribution in [3.05, 3.63) is 64.5 Å². The van der Waals surface area contributed by atoms with Gasteiger partial charge in [0.05, 0.1) is 11.6 Å². The molecule has 0 spiro atoms. The third kappa shape index (κ3) is 4.53. The molecule has 0 aliphatic rings. The molecule has 0 saturated heterocycles. The molecule has 3 rings (SSSR count). The van der Waals surface area contributed by atoms with Crippen LogP contribution in [0.5, 0.6) is 5.75 Å². The van der Waals surface area contributed by atoms with E-state index < -0.39 is 6.10 Å². The number of carbonyl (C=O) groups is 1. The summed E-state index contributed by atoms with van der Waals surface area (Å²) in [6.45, 7) is 1.73. The second-order valence-corrected chi connectivity index (χ2v) is 6.27. The highest BCUT2D eigenvalue weighted by atomic mass is 35.5. The molecule has 1 atom stereocenters. The Morgan fingerprint density at radius 1 is 1.19 bits per heavy atom. The third-order valence-electron chi connectivity index (χ3n) is 3.49. The summed E-state index contributed by atoms with van der Waals surface area (Å²) in [7, 11) is 0. The molecular formula is C18H15Cl2N3O3. The van der Waals surface area contributed by atoms with Crippen LogP contribution in [-0.2, 0) is 11.3 Å². The number of halogens is 2. The number of amides is 1. The SMILES string of the molecule is CC(Oc1ccc(Cl)cc1)C(=O)NCc1nc(-c2ccccc2Cl)no1. The molecule has 0 saturated carbocycles. The first-order valence-corrected chi connectivity index (χ1v) is 8.56. The summed E-state index contributed by atoms with van der Waals surface area (Å²) in [5.74, 6) is 0.880. The predicted molar refractivity (Wildman–Crippen MR) is 98.1 cm³/mol. The summed E-state index contributed by atoms with van der Waals surface area (Å²) in [6.07, 6.45) is -0.692. The van der Waals surface area contributed by atoms with Gasteiger partial charge in [-0.05, 0) is 43.3 Å². The topological polar surface area (TPSA) is 77.2 Å². The molecule has 1 amide bonds. The summed E-state index contributed by atoms with van der Waals surface area (Å²) in [5.41, 5.74) is 0.662. The van der Waals surface area contributed by atoms with E-state index >= 15 is 0 Å². The molecule has 0 aliphatic carbocycles. The van der Waals surface area contributed by atoms with Gasteiger partial charge in [-0.1, -0.05) is 40.5 Å². The maximum atomic E-state index is 12.1. The summed E-state index contributed by atoms with van der Waals surface area (Å²) in [4.78, 5) is 16.4. The van der Waals surface area contributed by atoms with E-state index in [-0.39, 0.29) is 18.3 Å². The lowest BCUT2D eigenvalue weighted by Gasteiger charge is -2.13. The van der Waals surface area contributed by atoms with Gasteiger partial charge < -0.3 is 14.6 Å². The Morgan fingerprint density at radius 3 is 2.65 bits per heavy atom. The van der Waals surface area contributed by atoms with Gasteiger partial charge >= 0.3 is 0 Å². The van der Waals surface area contributed by atoms with Crippen molar-refractivity contribution in [2.75, 3.05) is 0 Å². The average molecular weight is 392 g/mol. The summed E-state index contributed by atoms with van der Waals surface area (Å²) in [6, 6.07) is 13.9. The smallest absolute Gasteiger partial charge is 0.261 e. The van der Waals surface area contributed by atoms with Gasteiger partial charge in [-0.3, -0.25) is 4.79 Å². The van der Waals surface area contributed by atoms with Gasteiger partial charge in [-0.25, -0.2) is 0 Å². The van der Waals surface area contributed by atoms with Crippen LogP contribution in [0.4, 0.5) is 0 Å². The third-order valence-corrected chi connectivity index (χ3v) is 4.07. The molecule has 0 fully saturated rings. The quantitative estimate of drug-likeness (QED) is 0.683. The van der Waals surface area contributed by atoms with Crippen molar-refractivity contribution in [3.63, 3.8) is 0 Å². The Balaban J connectivity index is 1.56. The lowest BCUT2D eigenvalue weighted by Crippen LogP contribution is -2.35. The van der Waals surface area contributed by atoms with Crippen molar-refractivity contribution >= 4 is 29.1 Å². The fourth-order valence-electron chi connectivity index (χ4n) is 2.16. The molecule has 1 N–H and O–H groups in total. The summed E-state index contributed by atoms with van der Waals surface area (Å²) >= 11 is 11.9. The zero-order valence-electron chi connectivity index (χ0n) is 13.8. The van der Waals surface area contributed by atoms with E-state index in [2.05, 4.69) is 15.5 Å². The van der Waals surface area contributed by atoms with Crippen LogP contribution >= 0.6 is 23.2 Å². The van der Waals surface area contributed by atoms with Crippen molar-refractivity contribution in [2.45, 2.75) is 19.6 Å². The molecule has 2 aromatic carbocycles. The molecule has 0 aliphatic heterocycles. The molecule has 0 radical (unpaired) electrons. The normalized spacial score (nSPS) is 11.8. The molecule has 6 nitrogen and oxygen atoms in total. The number of nitrogens with zero attached hydrogens (tertiary/aromatic N) is 2. The Bertz CT molecular complexity index is 897. The summed E-state index contributed by atoms with van der Waals surface area (Å²) < 4.78 is 10.7. The predicted octanol–water partition coefficient (Wildman–Crippen LogP) is 4.13. The zero-order valence-corrected chi connectivity index (χ0v) is 15.3. The van der Waals surface area contributed by atoms with Gasteiger partial charge in [0.25, 0.3) is 5.91 Å². The minimum absolute atomic E-state index is 0.0879. The Kier molecular flexibility index (Phi) is 5.75. The fraction of sp³-hybridized carbons (Fsp3) is 0.167. The number of rotatable bonds is 6. The maximum absolute atomic E-state index is 12.1. The first kappa shape index (κ1) is 18.2. The molecule has 1 unspecified atom stereocenters. The van der Waals surface area contributed by atoms with Crippen LogP contribution in [0.25, 0.3) is 11.4 Å². The van der Waals surface area contributed by atoms with Gasteiger partial charge in [0, 0.05) is 10.6 Å². The van der Waals surface area contributed by atoms with E-state index in [9.17, 15) is 4.79 Å². The van der Waals surface area contributed by atoms with Crippen LogP contribution in [0.2, 0.25) is 10.0 Å². The van der Waals surface area contributed by atoms with E-state index in [1.54, 1.807) is 43.3 Å². The average Bonchev–Trinajstić information content (AvgIpc) is 3.10. The minimum Gasteiger partial charge on any atom is -0.481 e. The van der Waals surface area contributed by atoms with Crippen molar-refractivity contribution in [1.29, 1.82) is 0 Å². The van der Waals surface area contributed by atoms with Gasteiger partial charge in [-0.15, -0.1) is 0 Å².